The molecule has 1 unspecified atom stereocenters. The lowest BCUT2D eigenvalue weighted by atomic mass is 10.0. The molecule has 1 fully saturated rings. The minimum absolute atomic E-state index is 0.0863. The fraction of sp³-hybridized carbons (Fsp3) is 0.739. The maximum atomic E-state index is 12.8. The Bertz CT molecular complexity index is 859. The Balaban J connectivity index is 2.35. The minimum atomic E-state index is -3.99. The molecular weight excluding hydrogens is 448 g/mol. The highest BCUT2D eigenvalue weighted by Crippen LogP contribution is 2.40. The van der Waals surface area contributed by atoms with Crippen molar-refractivity contribution in [3.8, 4) is 0 Å². The van der Waals surface area contributed by atoms with Crippen molar-refractivity contribution in [2.75, 3.05) is 6.61 Å². The molecule has 1 heterocycles. The Morgan fingerprint density at radius 1 is 1.12 bits per heavy atom. The van der Waals surface area contributed by atoms with Gasteiger partial charge in [0, 0.05) is 0 Å². The molecule has 184 valence electrons. The van der Waals surface area contributed by atoms with Crippen LogP contribution in [0.3, 0.4) is 0 Å². The predicted octanol–water partition coefficient (Wildman–Crippen LogP) is 4.38. The van der Waals surface area contributed by atoms with E-state index >= 15 is 0 Å². The summed E-state index contributed by atoms with van der Waals surface area (Å²) in [6.45, 7) is 17.5. The molecule has 0 aromatic heterocycles. The Morgan fingerprint density at radius 2 is 1.66 bits per heavy atom. The molecule has 7 nitrogen and oxygen atoms in total. The Labute approximate surface area is 194 Å². The zero-order valence-electron chi connectivity index (χ0n) is 20.8. The van der Waals surface area contributed by atoms with Gasteiger partial charge in [0.05, 0.1) is 23.7 Å². The molecule has 0 aliphatic carbocycles. The van der Waals surface area contributed by atoms with Crippen LogP contribution in [0.2, 0.25) is 18.1 Å². The highest BCUT2D eigenvalue weighted by atomic mass is 32.2. The van der Waals surface area contributed by atoms with Gasteiger partial charge in [0.25, 0.3) is 10.1 Å². The fourth-order valence-electron chi connectivity index (χ4n) is 3.32. The summed E-state index contributed by atoms with van der Waals surface area (Å²) in [5.74, 6) is -0.934. The summed E-state index contributed by atoms with van der Waals surface area (Å²) in [4.78, 5) is 0.0863. The van der Waals surface area contributed by atoms with Crippen molar-refractivity contribution in [3.63, 3.8) is 0 Å². The van der Waals surface area contributed by atoms with Gasteiger partial charge in [-0.2, -0.15) is 8.42 Å². The standard InChI is InChI=1S/C23H40O7SSi/c1-10-18(24)20-21(29-23(6,7)28-20)19(30-32(8,9)22(3,4)5)15-27-31(25,26)17-13-11-16(2)12-14-17/h11-14,18-21,24H,10,15H2,1-9H3/t18?,19-,20-,21+/m1/s1. The van der Waals surface area contributed by atoms with Crippen LogP contribution in [0.5, 0.6) is 0 Å². The van der Waals surface area contributed by atoms with Crippen molar-refractivity contribution in [2.24, 2.45) is 0 Å². The summed E-state index contributed by atoms with van der Waals surface area (Å²) in [6, 6.07) is 6.50. The number of ether oxygens (including phenoxy) is 2. The van der Waals surface area contributed by atoms with Crippen molar-refractivity contribution >= 4 is 18.4 Å². The van der Waals surface area contributed by atoms with Crippen LogP contribution in [0.15, 0.2) is 29.2 Å². The molecule has 0 amide bonds. The molecule has 2 rings (SSSR count). The van der Waals surface area contributed by atoms with Gasteiger partial charge in [-0.1, -0.05) is 45.4 Å². The monoisotopic (exact) mass is 488 g/mol. The summed E-state index contributed by atoms with van der Waals surface area (Å²) in [7, 11) is -6.32. The van der Waals surface area contributed by atoms with E-state index in [1.165, 1.54) is 12.1 Å². The third-order valence-electron chi connectivity index (χ3n) is 6.28. The van der Waals surface area contributed by atoms with Crippen LogP contribution in [0.1, 0.15) is 53.5 Å². The van der Waals surface area contributed by atoms with Crippen molar-refractivity contribution in [1.82, 2.24) is 0 Å². The third-order valence-corrected chi connectivity index (χ3v) is 12.1. The molecule has 0 bridgehead atoms. The molecule has 1 aliphatic heterocycles. The lowest BCUT2D eigenvalue weighted by molar-refractivity contribution is -0.160. The van der Waals surface area contributed by atoms with Gasteiger partial charge in [0.15, 0.2) is 14.1 Å². The Morgan fingerprint density at radius 3 is 2.16 bits per heavy atom. The largest absolute Gasteiger partial charge is 0.409 e. The second-order valence-corrected chi connectivity index (χ2v) is 16.9. The summed E-state index contributed by atoms with van der Waals surface area (Å²) in [5, 5.41) is 10.5. The molecule has 9 heteroatoms. The van der Waals surface area contributed by atoms with E-state index in [0.717, 1.165) is 5.56 Å². The first-order valence-corrected chi connectivity index (χ1v) is 15.5. The molecule has 32 heavy (non-hydrogen) atoms. The predicted molar refractivity (Wildman–Crippen MR) is 127 cm³/mol. The van der Waals surface area contributed by atoms with Crippen molar-refractivity contribution in [1.29, 1.82) is 0 Å². The first kappa shape index (κ1) is 27.4. The summed E-state index contributed by atoms with van der Waals surface area (Å²) in [5.41, 5.74) is 0.957. The summed E-state index contributed by atoms with van der Waals surface area (Å²) >= 11 is 0. The topological polar surface area (TPSA) is 91.3 Å². The van der Waals surface area contributed by atoms with Crippen LogP contribution in [0.4, 0.5) is 0 Å². The Hall–Kier alpha value is -0.813. The van der Waals surface area contributed by atoms with Gasteiger partial charge in [0.2, 0.25) is 0 Å². The number of rotatable bonds is 9. The Kier molecular flexibility index (Phi) is 8.41. The van der Waals surface area contributed by atoms with Gasteiger partial charge in [-0.05, 0) is 57.5 Å². The van der Waals surface area contributed by atoms with E-state index < -0.39 is 48.6 Å². The van der Waals surface area contributed by atoms with Crippen molar-refractivity contribution in [2.45, 2.75) is 108 Å². The van der Waals surface area contributed by atoms with E-state index in [4.69, 9.17) is 18.1 Å². The normalized spacial score (nSPS) is 23.8. The van der Waals surface area contributed by atoms with Crippen LogP contribution in [0, 0.1) is 6.92 Å². The summed E-state index contributed by atoms with van der Waals surface area (Å²) in [6.07, 6.45) is -2.38. The molecule has 1 aliphatic rings. The average Bonchev–Trinajstić information content (AvgIpc) is 2.99. The lowest BCUT2D eigenvalue weighted by Gasteiger charge is -2.41. The van der Waals surface area contributed by atoms with E-state index in [9.17, 15) is 13.5 Å². The third kappa shape index (κ3) is 6.62. The van der Waals surface area contributed by atoms with E-state index in [1.54, 1.807) is 26.0 Å². The zero-order chi connectivity index (χ0) is 24.5. The second kappa shape index (κ2) is 9.81. The van der Waals surface area contributed by atoms with Gasteiger partial charge < -0.3 is 19.0 Å². The zero-order valence-corrected chi connectivity index (χ0v) is 22.7. The molecule has 1 aromatic rings. The van der Waals surface area contributed by atoms with Crippen LogP contribution >= 0.6 is 0 Å². The number of aryl methyl sites for hydroxylation is 1. The van der Waals surface area contributed by atoms with Crippen LogP contribution in [-0.4, -0.2) is 58.7 Å². The van der Waals surface area contributed by atoms with Crippen LogP contribution in [0.25, 0.3) is 0 Å². The highest BCUT2D eigenvalue weighted by Gasteiger charge is 2.51. The van der Waals surface area contributed by atoms with E-state index in [1.807, 2.05) is 13.8 Å². The maximum absolute atomic E-state index is 12.8. The van der Waals surface area contributed by atoms with E-state index in [0.29, 0.717) is 6.42 Å². The second-order valence-electron chi connectivity index (χ2n) is 10.5. The lowest BCUT2D eigenvalue weighted by Crippen LogP contribution is -2.52. The molecule has 4 atom stereocenters. The molecule has 0 radical (unpaired) electrons. The number of hydrogen-bond acceptors (Lipinski definition) is 7. The minimum Gasteiger partial charge on any atom is -0.409 e. The number of aliphatic hydroxyl groups excluding tert-OH is 1. The number of hydrogen-bond donors (Lipinski definition) is 1. The fourth-order valence-corrected chi connectivity index (χ4v) is 5.55. The van der Waals surface area contributed by atoms with Crippen LogP contribution in [-0.2, 0) is 28.2 Å². The molecule has 1 saturated heterocycles. The number of aliphatic hydroxyl groups is 1. The smallest absolute Gasteiger partial charge is 0.297 e. The van der Waals surface area contributed by atoms with Gasteiger partial charge in [-0.3, -0.25) is 4.18 Å². The number of benzene rings is 1. The van der Waals surface area contributed by atoms with Crippen molar-refractivity contribution < 1.29 is 31.6 Å². The van der Waals surface area contributed by atoms with Crippen LogP contribution < -0.4 is 0 Å². The quantitative estimate of drug-likeness (QED) is 0.407. The van der Waals surface area contributed by atoms with Crippen molar-refractivity contribution in [3.05, 3.63) is 29.8 Å². The van der Waals surface area contributed by atoms with Gasteiger partial charge in [-0.15, -0.1) is 0 Å². The molecule has 0 spiro atoms. The molecular formula is C23H40O7SSi. The average molecular weight is 489 g/mol. The van der Waals surface area contributed by atoms with Gasteiger partial charge in [0.1, 0.15) is 12.2 Å². The summed E-state index contributed by atoms with van der Waals surface area (Å²) < 4.78 is 49.8. The van der Waals surface area contributed by atoms with E-state index in [2.05, 4.69) is 33.9 Å². The molecule has 1 N–H and O–H groups in total. The first-order valence-electron chi connectivity index (χ1n) is 11.2. The maximum Gasteiger partial charge on any atom is 0.297 e. The van der Waals surface area contributed by atoms with E-state index in [-0.39, 0.29) is 16.5 Å². The molecule has 0 saturated carbocycles. The van der Waals surface area contributed by atoms with Gasteiger partial charge in [-0.25, -0.2) is 0 Å². The highest BCUT2D eigenvalue weighted by molar-refractivity contribution is 7.86. The first-order chi connectivity index (χ1) is 14.5. The molecule has 1 aromatic carbocycles. The van der Waals surface area contributed by atoms with Gasteiger partial charge >= 0.3 is 0 Å². The SMILES string of the molecule is CCC(O)[C@H]1OC(C)(C)O[C@H]1[C@@H](COS(=O)(=O)c1ccc(C)cc1)O[Si](C)(C)C(C)(C)C.